The molecule has 4 rings (SSSR count). The number of aromatic nitrogens is 1. The van der Waals surface area contributed by atoms with E-state index in [2.05, 4.69) is 41.2 Å². The van der Waals surface area contributed by atoms with Crippen molar-refractivity contribution < 1.29 is 4.74 Å². The summed E-state index contributed by atoms with van der Waals surface area (Å²) < 4.78 is 5.89. The molecule has 0 saturated carbocycles. The zero-order valence-corrected chi connectivity index (χ0v) is 19.5. The van der Waals surface area contributed by atoms with E-state index in [1.165, 1.54) is 35.5 Å². The van der Waals surface area contributed by atoms with E-state index in [0.717, 1.165) is 57.0 Å². The first-order valence-electron chi connectivity index (χ1n) is 11.3. The van der Waals surface area contributed by atoms with Crippen LogP contribution in [0, 0.1) is 5.92 Å². The number of thiazole rings is 1. The molecule has 30 heavy (non-hydrogen) atoms. The Morgan fingerprint density at radius 2 is 2.13 bits per heavy atom. The molecule has 1 aliphatic heterocycles. The number of ether oxygens (including phenoxy) is 1. The van der Waals surface area contributed by atoms with Crippen molar-refractivity contribution in [3.63, 3.8) is 0 Å². The van der Waals surface area contributed by atoms with Crippen LogP contribution in [0.15, 0.2) is 35.0 Å². The maximum absolute atomic E-state index is 6.40. The Hall–Kier alpha value is -1.63. The summed E-state index contributed by atoms with van der Waals surface area (Å²) in [6, 6.07) is 0. The number of hydrogen-bond acceptors (Lipinski definition) is 6. The molecule has 1 aromatic heterocycles. The van der Waals surface area contributed by atoms with E-state index >= 15 is 0 Å². The molecule has 0 radical (unpaired) electrons. The summed E-state index contributed by atoms with van der Waals surface area (Å²) in [6.45, 7) is 9.51. The fraction of sp³-hybridized carbons (Fsp3) is 0.625. The lowest BCUT2D eigenvalue weighted by molar-refractivity contribution is 0.0137. The fourth-order valence-electron chi connectivity index (χ4n) is 5.00. The van der Waals surface area contributed by atoms with Gasteiger partial charge in [-0.1, -0.05) is 19.1 Å². The van der Waals surface area contributed by atoms with E-state index in [0.29, 0.717) is 5.92 Å². The molecule has 2 N–H and O–H groups in total. The van der Waals surface area contributed by atoms with Crippen LogP contribution in [-0.4, -0.2) is 53.7 Å². The van der Waals surface area contributed by atoms with Gasteiger partial charge < -0.3 is 15.4 Å². The van der Waals surface area contributed by atoms with Crippen LogP contribution < -0.4 is 5.73 Å². The molecule has 3 aliphatic rings. The third-order valence-electron chi connectivity index (χ3n) is 6.74. The number of allylic oxidation sites excluding steroid dienone is 3. The molecule has 164 valence electrons. The second-order valence-corrected chi connectivity index (χ2v) is 10.0. The molecular weight excluding hydrogens is 392 g/mol. The van der Waals surface area contributed by atoms with Crippen LogP contribution in [0.4, 0.5) is 0 Å². The molecule has 2 aliphatic carbocycles. The highest BCUT2D eigenvalue weighted by atomic mass is 32.1. The van der Waals surface area contributed by atoms with Gasteiger partial charge in [0.05, 0.1) is 17.1 Å². The van der Waals surface area contributed by atoms with Gasteiger partial charge >= 0.3 is 0 Å². The van der Waals surface area contributed by atoms with E-state index in [9.17, 15) is 0 Å². The van der Waals surface area contributed by atoms with Crippen LogP contribution in [0.3, 0.4) is 0 Å². The van der Waals surface area contributed by atoms with Gasteiger partial charge in [-0.2, -0.15) is 0 Å². The van der Waals surface area contributed by atoms with Crippen molar-refractivity contribution in [1.29, 1.82) is 0 Å². The van der Waals surface area contributed by atoms with Crippen molar-refractivity contribution in [2.75, 3.05) is 33.3 Å². The Balaban J connectivity index is 1.40. The van der Waals surface area contributed by atoms with Crippen LogP contribution in [0.5, 0.6) is 0 Å². The van der Waals surface area contributed by atoms with E-state index in [-0.39, 0.29) is 5.60 Å². The van der Waals surface area contributed by atoms with Gasteiger partial charge in [0.25, 0.3) is 0 Å². The first-order valence-corrected chi connectivity index (χ1v) is 12.2. The van der Waals surface area contributed by atoms with Crippen LogP contribution in [0.1, 0.15) is 56.7 Å². The van der Waals surface area contributed by atoms with Gasteiger partial charge in [-0.15, -0.1) is 11.3 Å². The number of nitrogens with zero attached hydrogens (tertiary/aromatic N) is 3. The molecule has 0 amide bonds. The maximum atomic E-state index is 6.40. The van der Waals surface area contributed by atoms with Gasteiger partial charge in [0.2, 0.25) is 0 Å². The minimum absolute atomic E-state index is 0.331. The van der Waals surface area contributed by atoms with Gasteiger partial charge in [0.1, 0.15) is 10.6 Å². The second kappa shape index (κ2) is 9.25. The maximum Gasteiger partial charge on any atom is 0.119 e. The molecule has 2 atom stereocenters. The molecule has 0 aromatic carbocycles. The Kier molecular flexibility index (Phi) is 6.66. The average Bonchev–Trinajstić information content (AvgIpc) is 3.08. The summed E-state index contributed by atoms with van der Waals surface area (Å²) in [5.41, 5.74) is 10.7. The van der Waals surface area contributed by atoms with E-state index in [4.69, 9.17) is 15.5 Å². The first-order chi connectivity index (χ1) is 14.5. The monoisotopic (exact) mass is 428 g/mol. The summed E-state index contributed by atoms with van der Waals surface area (Å²) in [5.74, 6) is 0.687. The molecule has 1 fully saturated rings. The predicted molar refractivity (Wildman–Crippen MR) is 125 cm³/mol. The molecule has 2 unspecified atom stereocenters. The number of hydrogen-bond donors (Lipinski definition) is 1. The third-order valence-corrected chi connectivity index (χ3v) is 7.70. The number of nitrogens with two attached hydrogens (primary N) is 1. The van der Waals surface area contributed by atoms with E-state index < -0.39 is 0 Å². The summed E-state index contributed by atoms with van der Waals surface area (Å²) in [7, 11) is 1.79. The average molecular weight is 429 g/mol. The highest BCUT2D eigenvalue weighted by Crippen LogP contribution is 2.34. The molecule has 5 nitrogen and oxygen atoms in total. The second-order valence-electron chi connectivity index (χ2n) is 9.17. The summed E-state index contributed by atoms with van der Waals surface area (Å²) in [5, 5.41) is 3.49. The quantitative estimate of drug-likeness (QED) is 0.754. The number of methoxy groups -OCH3 is 1. The van der Waals surface area contributed by atoms with Gasteiger partial charge in [0, 0.05) is 51.6 Å². The Morgan fingerprint density at radius 1 is 1.27 bits per heavy atom. The highest BCUT2D eigenvalue weighted by molar-refractivity contribution is 7.10. The molecule has 0 bridgehead atoms. The lowest BCUT2D eigenvalue weighted by atomic mass is 9.90. The Labute approximate surface area is 185 Å². The lowest BCUT2D eigenvalue weighted by Gasteiger charge is -2.40. The molecule has 1 saturated heterocycles. The Bertz CT molecular complexity index is 842. The van der Waals surface area contributed by atoms with Gasteiger partial charge in [-0.05, 0) is 50.2 Å². The van der Waals surface area contributed by atoms with Crippen molar-refractivity contribution in [3.8, 4) is 0 Å². The predicted octanol–water partition coefficient (Wildman–Crippen LogP) is 4.39. The smallest absolute Gasteiger partial charge is 0.119 e. The molecule has 1 aromatic rings. The Morgan fingerprint density at radius 3 is 2.93 bits per heavy atom. The topological polar surface area (TPSA) is 54.6 Å². The zero-order valence-electron chi connectivity index (χ0n) is 18.7. The minimum atomic E-state index is -0.331. The zero-order chi connectivity index (χ0) is 21.1. The normalized spacial score (nSPS) is 28.6. The van der Waals surface area contributed by atoms with Crippen LogP contribution >= 0.6 is 11.3 Å². The van der Waals surface area contributed by atoms with Crippen molar-refractivity contribution in [2.45, 2.75) is 58.1 Å². The fourth-order valence-corrected chi connectivity index (χ4v) is 5.87. The number of rotatable bonds is 5. The minimum Gasteiger partial charge on any atom is -0.397 e. The van der Waals surface area contributed by atoms with Crippen LogP contribution in [-0.2, 0) is 11.3 Å². The molecule has 6 heteroatoms. The SMILES string of the molecule is COC1(C)CC=CC(N)=C1N1CCCN(Cc2csc(C3=CC(C)CCC3)n2)CC1. The van der Waals surface area contributed by atoms with E-state index in [1.807, 2.05) is 17.4 Å². The van der Waals surface area contributed by atoms with Crippen molar-refractivity contribution in [1.82, 2.24) is 14.8 Å². The van der Waals surface area contributed by atoms with E-state index in [1.54, 1.807) is 7.11 Å². The van der Waals surface area contributed by atoms with Crippen LogP contribution in [0.2, 0.25) is 0 Å². The highest BCUT2D eigenvalue weighted by Gasteiger charge is 2.36. The third kappa shape index (κ3) is 4.66. The van der Waals surface area contributed by atoms with Crippen molar-refractivity contribution in [2.24, 2.45) is 11.7 Å². The van der Waals surface area contributed by atoms with Crippen molar-refractivity contribution >= 4 is 16.9 Å². The van der Waals surface area contributed by atoms with Crippen molar-refractivity contribution in [3.05, 3.63) is 45.7 Å². The lowest BCUT2D eigenvalue weighted by Crippen LogP contribution is -2.44. The standard InChI is InChI=1S/C24H36N4OS/c1-18-7-4-8-19(15-18)23-26-20(17-30-23)16-27-11-6-12-28(14-13-27)22-21(25)9-5-10-24(22,2)29-3/h5,9,15,17-18H,4,6-8,10-14,16,25H2,1-3H3. The van der Waals surface area contributed by atoms with Crippen LogP contribution in [0.25, 0.3) is 5.57 Å². The van der Waals surface area contributed by atoms with Gasteiger partial charge in [0.15, 0.2) is 0 Å². The van der Waals surface area contributed by atoms with Gasteiger partial charge in [-0.25, -0.2) is 4.98 Å². The summed E-state index contributed by atoms with van der Waals surface area (Å²) in [6.07, 6.45) is 12.4. The largest absolute Gasteiger partial charge is 0.397 e. The van der Waals surface area contributed by atoms with Gasteiger partial charge in [-0.3, -0.25) is 4.90 Å². The molecular formula is C24H36N4OS. The summed E-state index contributed by atoms with van der Waals surface area (Å²) >= 11 is 1.81. The molecule has 2 heterocycles. The summed E-state index contributed by atoms with van der Waals surface area (Å²) in [4.78, 5) is 9.97. The first kappa shape index (κ1) is 21.6. The molecule has 0 spiro atoms.